The Morgan fingerprint density at radius 1 is 1.44 bits per heavy atom. The van der Waals surface area contributed by atoms with Crippen LogP contribution in [0.4, 0.5) is 0 Å². The molecule has 16 heavy (non-hydrogen) atoms. The number of hydrogen-bond acceptors (Lipinski definition) is 2. The second kappa shape index (κ2) is 5.30. The van der Waals surface area contributed by atoms with Crippen LogP contribution in [0.2, 0.25) is 0 Å². The molecule has 0 aromatic heterocycles. The molecule has 1 aromatic carbocycles. The fourth-order valence-corrected chi connectivity index (χ4v) is 2.49. The molecule has 0 bridgehead atoms. The Labute approximate surface area is 106 Å². The molecule has 3 heteroatoms. The summed E-state index contributed by atoms with van der Waals surface area (Å²) in [6.07, 6.45) is 2.83. The van der Waals surface area contributed by atoms with E-state index in [2.05, 4.69) is 46.1 Å². The van der Waals surface area contributed by atoms with Crippen LogP contribution >= 0.6 is 15.9 Å². The molecule has 0 saturated heterocycles. The minimum absolute atomic E-state index is 0.608. The summed E-state index contributed by atoms with van der Waals surface area (Å²) < 4.78 is 1.18. The topological polar surface area (TPSA) is 29.3 Å². The van der Waals surface area contributed by atoms with Gasteiger partial charge in [0.1, 0.15) is 0 Å². The van der Waals surface area contributed by atoms with E-state index < -0.39 is 0 Å². The second-order valence-electron chi connectivity index (χ2n) is 4.77. The lowest BCUT2D eigenvalue weighted by atomic mass is 10.1. The van der Waals surface area contributed by atoms with E-state index >= 15 is 0 Å². The van der Waals surface area contributed by atoms with Crippen molar-refractivity contribution in [1.29, 1.82) is 0 Å². The zero-order valence-electron chi connectivity index (χ0n) is 9.75. The highest BCUT2D eigenvalue weighted by Gasteiger charge is 2.22. The molecule has 1 fully saturated rings. The predicted octanol–water partition coefficient (Wildman–Crippen LogP) is 2.75. The molecular formula is C13H19BrN2. The van der Waals surface area contributed by atoms with Crippen molar-refractivity contribution in [3.63, 3.8) is 0 Å². The number of benzene rings is 1. The van der Waals surface area contributed by atoms with E-state index in [9.17, 15) is 0 Å². The zero-order valence-corrected chi connectivity index (χ0v) is 11.3. The average molecular weight is 283 g/mol. The van der Waals surface area contributed by atoms with Crippen molar-refractivity contribution in [2.75, 3.05) is 13.6 Å². The Hall–Kier alpha value is -0.380. The van der Waals surface area contributed by atoms with E-state index in [4.69, 9.17) is 5.73 Å². The van der Waals surface area contributed by atoms with Crippen molar-refractivity contribution in [3.8, 4) is 0 Å². The van der Waals surface area contributed by atoms with Gasteiger partial charge in [0.25, 0.3) is 0 Å². The Morgan fingerprint density at radius 3 is 2.75 bits per heavy atom. The third kappa shape index (κ3) is 3.30. The van der Waals surface area contributed by atoms with E-state index in [0.29, 0.717) is 6.54 Å². The average Bonchev–Trinajstić information content (AvgIpc) is 3.05. The lowest BCUT2D eigenvalue weighted by Gasteiger charge is -2.17. The SMILES string of the molecule is CN(Cc1ccc(CN)cc1Br)CC1CC1. The van der Waals surface area contributed by atoms with Gasteiger partial charge in [0.2, 0.25) is 0 Å². The molecular weight excluding hydrogens is 264 g/mol. The van der Waals surface area contributed by atoms with Gasteiger partial charge in [0.15, 0.2) is 0 Å². The van der Waals surface area contributed by atoms with Crippen molar-refractivity contribution in [2.24, 2.45) is 11.7 Å². The van der Waals surface area contributed by atoms with Gasteiger partial charge in [0, 0.05) is 24.1 Å². The third-order valence-corrected chi connectivity index (χ3v) is 3.80. The standard InChI is InChI=1S/C13H19BrN2/c1-16(8-10-2-3-10)9-12-5-4-11(7-15)6-13(12)14/h4-6,10H,2-3,7-9,15H2,1H3. The van der Waals surface area contributed by atoms with Crippen molar-refractivity contribution in [1.82, 2.24) is 4.90 Å². The highest BCUT2D eigenvalue weighted by Crippen LogP contribution is 2.30. The quantitative estimate of drug-likeness (QED) is 0.900. The molecule has 1 aromatic rings. The monoisotopic (exact) mass is 282 g/mol. The van der Waals surface area contributed by atoms with Crippen LogP contribution < -0.4 is 5.73 Å². The number of hydrogen-bond donors (Lipinski definition) is 1. The molecule has 1 aliphatic rings. The third-order valence-electron chi connectivity index (χ3n) is 3.06. The molecule has 0 atom stereocenters. The maximum atomic E-state index is 5.61. The highest BCUT2D eigenvalue weighted by atomic mass is 79.9. The molecule has 2 rings (SSSR count). The van der Waals surface area contributed by atoms with Gasteiger partial charge < -0.3 is 10.6 Å². The first-order valence-electron chi connectivity index (χ1n) is 5.85. The Kier molecular flexibility index (Phi) is 4.00. The van der Waals surface area contributed by atoms with Gasteiger partial charge in [-0.3, -0.25) is 0 Å². The lowest BCUT2D eigenvalue weighted by molar-refractivity contribution is 0.312. The van der Waals surface area contributed by atoms with Gasteiger partial charge in [-0.2, -0.15) is 0 Å². The van der Waals surface area contributed by atoms with Crippen LogP contribution in [0.1, 0.15) is 24.0 Å². The van der Waals surface area contributed by atoms with Crippen LogP contribution in [0.15, 0.2) is 22.7 Å². The minimum Gasteiger partial charge on any atom is -0.326 e. The summed E-state index contributed by atoms with van der Waals surface area (Å²) >= 11 is 3.62. The summed E-state index contributed by atoms with van der Waals surface area (Å²) in [5.74, 6) is 0.951. The Morgan fingerprint density at radius 2 is 2.19 bits per heavy atom. The van der Waals surface area contributed by atoms with Gasteiger partial charge in [0.05, 0.1) is 0 Å². The van der Waals surface area contributed by atoms with Crippen LogP contribution in [-0.2, 0) is 13.1 Å². The van der Waals surface area contributed by atoms with E-state index in [1.807, 2.05) is 0 Å². The van der Waals surface area contributed by atoms with Crippen LogP contribution in [0.3, 0.4) is 0 Å². The number of halogens is 1. The number of nitrogens with zero attached hydrogens (tertiary/aromatic N) is 1. The van der Waals surface area contributed by atoms with E-state index in [0.717, 1.165) is 12.5 Å². The van der Waals surface area contributed by atoms with Crippen LogP contribution in [-0.4, -0.2) is 18.5 Å². The second-order valence-corrected chi connectivity index (χ2v) is 5.62. The molecule has 88 valence electrons. The van der Waals surface area contributed by atoms with Gasteiger partial charge >= 0.3 is 0 Å². The molecule has 0 unspecified atom stereocenters. The van der Waals surface area contributed by atoms with Crippen LogP contribution in [0.5, 0.6) is 0 Å². The lowest BCUT2D eigenvalue weighted by Crippen LogP contribution is -2.20. The molecule has 2 N–H and O–H groups in total. The summed E-state index contributed by atoms with van der Waals surface area (Å²) in [5, 5.41) is 0. The largest absolute Gasteiger partial charge is 0.326 e. The van der Waals surface area contributed by atoms with Gasteiger partial charge in [-0.1, -0.05) is 28.1 Å². The van der Waals surface area contributed by atoms with Gasteiger partial charge in [-0.15, -0.1) is 0 Å². The maximum absolute atomic E-state index is 5.61. The predicted molar refractivity (Wildman–Crippen MR) is 71.1 cm³/mol. The summed E-state index contributed by atoms with van der Waals surface area (Å²) in [5.41, 5.74) is 8.14. The summed E-state index contributed by atoms with van der Waals surface area (Å²) in [6.45, 7) is 2.85. The fraction of sp³-hybridized carbons (Fsp3) is 0.538. The first-order chi connectivity index (χ1) is 7.69. The summed E-state index contributed by atoms with van der Waals surface area (Å²) in [7, 11) is 2.20. The summed E-state index contributed by atoms with van der Waals surface area (Å²) in [4.78, 5) is 2.40. The molecule has 0 aliphatic heterocycles. The maximum Gasteiger partial charge on any atom is 0.0242 e. The van der Waals surface area contributed by atoms with E-state index in [1.165, 1.54) is 35.0 Å². The fourth-order valence-electron chi connectivity index (χ4n) is 1.94. The smallest absolute Gasteiger partial charge is 0.0242 e. The van der Waals surface area contributed by atoms with E-state index in [1.54, 1.807) is 0 Å². The van der Waals surface area contributed by atoms with Crippen molar-refractivity contribution in [3.05, 3.63) is 33.8 Å². The number of rotatable bonds is 5. The van der Waals surface area contributed by atoms with E-state index in [-0.39, 0.29) is 0 Å². The molecule has 0 spiro atoms. The minimum atomic E-state index is 0.608. The van der Waals surface area contributed by atoms with Crippen molar-refractivity contribution >= 4 is 15.9 Å². The molecule has 2 nitrogen and oxygen atoms in total. The normalized spacial score (nSPS) is 15.8. The molecule has 1 saturated carbocycles. The number of nitrogens with two attached hydrogens (primary N) is 1. The molecule has 1 aliphatic carbocycles. The molecule has 0 radical (unpaired) electrons. The van der Waals surface area contributed by atoms with Gasteiger partial charge in [-0.05, 0) is 43.0 Å². The van der Waals surface area contributed by atoms with Crippen LogP contribution in [0, 0.1) is 5.92 Å². The Balaban J connectivity index is 1.96. The van der Waals surface area contributed by atoms with Crippen LogP contribution in [0.25, 0.3) is 0 Å². The first kappa shape index (κ1) is 12.1. The van der Waals surface area contributed by atoms with Gasteiger partial charge in [-0.25, -0.2) is 0 Å². The first-order valence-corrected chi connectivity index (χ1v) is 6.64. The molecule has 0 amide bonds. The Bertz CT molecular complexity index is 361. The highest BCUT2D eigenvalue weighted by molar-refractivity contribution is 9.10. The summed E-state index contributed by atoms with van der Waals surface area (Å²) in [6, 6.07) is 6.42. The molecule has 0 heterocycles. The van der Waals surface area contributed by atoms with Crippen molar-refractivity contribution in [2.45, 2.75) is 25.9 Å². The zero-order chi connectivity index (χ0) is 11.5. The van der Waals surface area contributed by atoms with Crippen molar-refractivity contribution < 1.29 is 0 Å².